The van der Waals surface area contributed by atoms with E-state index < -0.39 is 6.04 Å². The highest BCUT2D eigenvalue weighted by atomic mass is 16.2. The SMILES string of the molecule is CCc1c(N)ncnc1NC1CC(=O)N(C)C1=O. The minimum atomic E-state index is -0.568. The van der Waals surface area contributed by atoms with E-state index in [1.54, 1.807) is 0 Å². The lowest BCUT2D eigenvalue weighted by atomic mass is 10.2. The number of imide groups is 1. The van der Waals surface area contributed by atoms with Crippen LogP contribution in [0, 0.1) is 0 Å². The van der Waals surface area contributed by atoms with Crippen LogP contribution in [0.5, 0.6) is 0 Å². The highest BCUT2D eigenvalue weighted by molar-refractivity contribution is 6.06. The zero-order valence-electron chi connectivity index (χ0n) is 10.3. The second-order valence-corrected chi connectivity index (χ2v) is 4.13. The van der Waals surface area contributed by atoms with Crippen LogP contribution in [0.1, 0.15) is 18.9 Å². The third-order valence-electron chi connectivity index (χ3n) is 3.02. The number of anilines is 2. The topological polar surface area (TPSA) is 101 Å². The van der Waals surface area contributed by atoms with Gasteiger partial charge in [0.1, 0.15) is 24.0 Å². The largest absolute Gasteiger partial charge is 0.383 e. The summed E-state index contributed by atoms with van der Waals surface area (Å²) in [6.07, 6.45) is 2.13. The van der Waals surface area contributed by atoms with Crippen LogP contribution in [0.25, 0.3) is 0 Å². The van der Waals surface area contributed by atoms with Crippen LogP contribution < -0.4 is 11.1 Å². The maximum Gasteiger partial charge on any atom is 0.251 e. The van der Waals surface area contributed by atoms with Gasteiger partial charge in [0, 0.05) is 12.6 Å². The predicted octanol–water partition coefficient (Wildman–Crippen LogP) is -0.210. The van der Waals surface area contributed by atoms with Crippen LogP contribution in [0.2, 0.25) is 0 Å². The number of hydrogen-bond acceptors (Lipinski definition) is 6. The summed E-state index contributed by atoms with van der Waals surface area (Å²) in [4.78, 5) is 32.3. The molecule has 7 heteroatoms. The smallest absolute Gasteiger partial charge is 0.251 e. The van der Waals surface area contributed by atoms with Crippen molar-refractivity contribution < 1.29 is 9.59 Å². The van der Waals surface area contributed by atoms with Gasteiger partial charge in [0.05, 0.1) is 6.42 Å². The molecule has 1 aliphatic rings. The maximum atomic E-state index is 11.8. The number of carbonyl (C=O) groups excluding carboxylic acids is 2. The predicted molar refractivity (Wildman–Crippen MR) is 65.6 cm³/mol. The molecule has 0 saturated carbocycles. The number of nitrogen functional groups attached to an aromatic ring is 1. The fraction of sp³-hybridized carbons (Fsp3) is 0.455. The molecule has 1 fully saturated rings. The number of carbonyl (C=O) groups is 2. The molecule has 96 valence electrons. The number of likely N-dealkylation sites (tertiary alicyclic amines) is 1. The van der Waals surface area contributed by atoms with Crippen molar-refractivity contribution in [1.82, 2.24) is 14.9 Å². The van der Waals surface area contributed by atoms with Gasteiger partial charge in [-0.1, -0.05) is 6.92 Å². The van der Waals surface area contributed by atoms with Gasteiger partial charge in [-0.3, -0.25) is 14.5 Å². The molecule has 2 heterocycles. The molecule has 0 radical (unpaired) electrons. The molecule has 1 atom stereocenters. The van der Waals surface area contributed by atoms with E-state index in [1.165, 1.54) is 13.4 Å². The molecule has 1 unspecified atom stereocenters. The Labute approximate surface area is 104 Å². The Bertz CT molecular complexity index is 502. The van der Waals surface area contributed by atoms with Crippen molar-refractivity contribution in [3.63, 3.8) is 0 Å². The van der Waals surface area contributed by atoms with Gasteiger partial charge in [-0.05, 0) is 6.42 Å². The van der Waals surface area contributed by atoms with Crippen LogP contribution in [-0.2, 0) is 16.0 Å². The number of hydrogen-bond donors (Lipinski definition) is 2. The quantitative estimate of drug-likeness (QED) is 0.719. The summed E-state index contributed by atoms with van der Waals surface area (Å²) in [7, 11) is 1.47. The number of likely N-dealkylation sites (N-methyl/N-ethyl adjacent to an activating group) is 1. The van der Waals surface area contributed by atoms with E-state index in [1.807, 2.05) is 6.92 Å². The van der Waals surface area contributed by atoms with Gasteiger partial charge in [0.15, 0.2) is 0 Å². The summed E-state index contributed by atoms with van der Waals surface area (Å²) in [5.41, 5.74) is 6.50. The van der Waals surface area contributed by atoms with E-state index in [2.05, 4.69) is 15.3 Å². The number of rotatable bonds is 3. The average Bonchev–Trinajstić information content (AvgIpc) is 2.57. The Kier molecular flexibility index (Phi) is 3.14. The molecule has 1 aromatic rings. The van der Waals surface area contributed by atoms with Crippen LogP contribution in [0.3, 0.4) is 0 Å². The van der Waals surface area contributed by atoms with Crippen molar-refractivity contribution >= 4 is 23.5 Å². The van der Waals surface area contributed by atoms with Crippen LogP contribution in [0.15, 0.2) is 6.33 Å². The molecule has 1 saturated heterocycles. The molecule has 0 aliphatic carbocycles. The van der Waals surface area contributed by atoms with Crippen molar-refractivity contribution in [3.05, 3.63) is 11.9 Å². The summed E-state index contributed by atoms with van der Waals surface area (Å²) in [6.45, 7) is 1.92. The fourth-order valence-electron chi connectivity index (χ4n) is 1.93. The van der Waals surface area contributed by atoms with Gasteiger partial charge < -0.3 is 11.1 Å². The van der Waals surface area contributed by atoms with Crippen LogP contribution in [-0.4, -0.2) is 39.8 Å². The molecule has 2 amide bonds. The number of aromatic nitrogens is 2. The first-order valence-corrected chi connectivity index (χ1v) is 5.70. The average molecular weight is 249 g/mol. The minimum Gasteiger partial charge on any atom is -0.383 e. The Hall–Kier alpha value is -2.18. The first-order valence-electron chi connectivity index (χ1n) is 5.70. The highest BCUT2D eigenvalue weighted by Gasteiger charge is 2.36. The van der Waals surface area contributed by atoms with Crippen molar-refractivity contribution in [2.75, 3.05) is 18.1 Å². The molecule has 2 rings (SSSR count). The van der Waals surface area contributed by atoms with E-state index in [-0.39, 0.29) is 18.2 Å². The molecule has 0 spiro atoms. The molecule has 7 nitrogen and oxygen atoms in total. The van der Waals surface area contributed by atoms with Crippen LogP contribution >= 0.6 is 0 Å². The fourth-order valence-corrected chi connectivity index (χ4v) is 1.93. The van der Waals surface area contributed by atoms with E-state index in [4.69, 9.17) is 5.73 Å². The van der Waals surface area contributed by atoms with Gasteiger partial charge in [0.2, 0.25) is 5.91 Å². The van der Waals surface area contributed by atoms with E-state index in [0.29, 0.717) is 18.1 Å². The molecule has 0 bridgehead atoms. The van der Waals surface area contributed by atoms with Gasteiger partial charge >= 0.3 is 0 Å². The standard InChI is InChI=1S/C11H15N5O2/c1-3-6-9(12)13-5-14-10(6)15-7-4-8(17)16(2)11(7)18/h5,7H,3-4H2,1-2H3,(H3,12,13,14,15). The summed E-state index contributed by atoms with van der Waals surface area (Å²) >= 11 is 0. The van der Waals surface area contributed by atoms with Gasteiger partial charge in [0.25, 0.3) is 5.91 Å². The van der Waals surface area contributed by atoms with E-state index in [9.17, 15) is 9.59 Å². The number of nitrogens with zero attached hydrogens (tertiary/aromatic N) is 3. The zero-order valence-corrected chi connectivity index (χ0v) is 10.3. The lowest BCUT2D eigenvalue weighted by Gasteiger charge is -2.14. The minimum absolute atomic E-state index is 0.141. The Morgan fingerprint density at radius 2 is 2.22 bits per heavy atom. The lowest BCUT2D eigenvalue weighted by Crippen LogP contribution is -2.32. The molecule has 3 N–H and O–H groups in total. The summed E-state index contributed by atoms with van der Waals surface area (Å²) in [5.74, 6) is 0.461. The zero-order chi connectivity index (χ0) is 13.3. The summed E-state index contributed by atoms with van der Waals surface area (Å²) in [5, 5.41) is 2.97. The van der Waals surface area contributed by atoms with E-state index in [0.717, 1.165) is 10.5 Å². The monoisotopic (exact) mass is 249 g/mol. The summed E-state index contributed by atoms with van der Waals surface area (Å²) < 4.78 is 0. The third-order valence-corrected chi connectivity index (χ3v) is 3.02. The molecular weight excluding hydrogens is 234 g/mol. The number of nitrogens with one attached hydrogen (secondary N) is 1. The van der Waals surface area contributed by atoms with Gasteiger partial charge in [-0.15, -0.1) is 0 Å². The Morgan fingerprint density at radius 3 is 2.78 bits per heavy atom. The number of amides is 2. The molecule has 0 aromatic carbocycles. The second kappa shape index (κ2) is 4.59. The molecule has 18 heavy (non-hydrogen) atoms. The highest BCUT2D eigenvalue weighted by Crippen LogP contribution is 2.21. The Morgan fingerprint density at radius 1 is 1.50 bits per heavy atom. The lowest BCUT2D eigenvalue weighted by molar-refractivity contribution is -0.136. The summed E-state index contributed by atoms with van der Waals surface area (Å²) in [6, 6.07) is -0.568. The maximum absolute atomic E-state index is 11.8. The van der Waals surface area contributed by atoms with Gasteiger partial charge in [-0.2, -0.15) is 0 Å². The van der Waals surface area contributed by atoms with Crippen molar-refractivity contribution in [1.29, 1.82) is 0 Å². The number of nitrogens with two attached hydrogens (primary N) is 1. The molecular formula is C11H15N5O2. The van der Waals surface area contributed by atoms with Gasteiger partial charge in [-0.25, -0.2) is 9.97 Å². The molecule has 1 aromatic heterocycles. The van der Waals surface area contributed by atoms with E-state index >= 15 is 0 Å². The first-order chi connectivity index (χ1) is 8.54. The van der Waals surface area contributed by atoms with Crippen molar-refractivity contribution in [2.45, 2.75) is 25.8 Å². The molecule has 1 aliphatic heterocycles. The first kappa shape index (κ1) is 12.3. The normalized spacial score (nSPS) is 19.4. The van der Waals surface area contributed by atoms with Crippen molar-refractivity contribution in [3.8, 4) is 0 Å². The van der Waals surface area contributed by atoms with Crippen molar-refractivity contribution in [2.24, 2.45) is 0 Å². The van der Waals surface area contributed by atoms with Crippen LogP contribution in [0.4, 0.5) is 11.6 Å². The third kappa shape index (κ3) is 1.99. The Balaban J connectivity index is 2.23. The second-order valence-electron chi connectivity index (χ2n) is 4.13.